The summed E-state index contributed by atoms with van der Waals surface area (Å²) in [5.41, 5.74) is -0.366. The molecule has 5 nitrogen and oxygen atoms in total. The number of ketones is 1. The zero-order chi connectivity index (χ0) is 22.7. The number of rotatable bonds is 6. The lowest BCUT2D eigenvalue weighted by Crippen LogP contribution is -2.18. The van der Waals surface area contributed by atoms with Crippen LogP contribution in [0.1, 0.15) is 21.7 Å². The molecule has 3 rings (SSSR count). The Bertz CT molecular complexity index is 1160. The molecule has 0 saturated heterocycles. The average molecular weight is 435 g/mol. The summed E-state index contributed by atoms with van der Waals surface area (Å²) in [5.74, 6) is -11.9. The van der Waals surface area contributed by atoms with E-state index in [-0.39, 0.29) is 18.0 Å². The lowest BCUT2D eigenvalue weighted by atomic mass is 10.1. The number of carbonyl (C=O) groups excluding carboxylic acids is 2. The molecule has 0 aliphatic heterocycles. The molecule has 1 amide bonds. The molecule has 31 heavy (non-hydrogen) atoms. The molecule has 0 aliphatic carbocycles. The van der Waals surface area contributed by atoms with Gasteiger partial charge in [-0.2, -0.15) is 0 Å². The molecule has 0 spiro atoms. The Hall–Kier alpha value is -3.82. The number of nitrogens with one attached hydrogen (secondary N) is 1. The highest BCUT2D eigenvalue weighted by Gasteiger charge is 2.26. The number of benzene rings is 2. The number of anilines is 1. The Kier molecular flexibility index (Phi) is 6.28. The van der Waals surface area contributed by atoms with Crippen molar-refractivity contribution in [1.29, 1.82) is 0 Å². The van der Waals surface area contributed by atoms with E-state index in [9.17, 15) is 31.5 Å². The van der Waals surface area contributed by atoms with Crippen molar-refractivity contribution in [3.63, 3.8) is 0 Å². The van der Waals surface area contributed by atoms with Crippen molar-refractivity contribution >= 4 is 23.5 Å². The molecule has 0 fully saturated rings. The Labute approximate surface area is 172 Å². The number of nitrogens with zero attached hydrogens (tertiary/aromatic N) is 2. The Morgan fingerprint density at radius 3 is 2.10 bits per heavy atom. The van der Waals surface area contributed by atoms with Crippen molar-refractivity contribution in [2.24, 2.45) is 7.05 Å². The first-order chi connectivity index (χ1) is 14.7. The molecule has 0 saturated carbocycles. The molecule has 0 bridgehead atoms. The van der Waals surface area contributed by atoms with E-state index < -0.39 is 40.7 Å². The van der Waals surface area contributed by atoms with Gasteiger partial charge in [0.25, 0.3) is 0 Å². The summed E-state index contributed by atoms with van der Waals surface area (Å²) in [7, 11) is 1.68. The molecule has 2 aromatic carbocycles. The van der Waals surface area contributed by atoms with E-state index in [0.717, 1.165) is 0 Å². The van der Waals surface area contributed by atoms with E-state index in [0.29, 0.717) is 11.1 Å². The average Bonchev–Trinajstić information content (AvgIpc) is 3.19. The van der Waals surface area contributed by atoms with Crippen molar-refractivity contribution in [1.82, 2.24) is 9.55 Å². The van der Waals surface area contributed by atoms with E-state index in [1.807, 2.05) is 0 Å². The third-order valence-electron chi connectivity index (χ3n) is 4.29. The van der Waals surface area contributed by atoms with Crippen molar-refractivity contribution in [3.8, 4) is 0 Å². The van der Waals surface area contributed by atoms with E-state index in [4.69, 9.17) is 0 Å². The fourth-order valence-electron chi connectivity index (χ4n) is 2.68. The first-order valence-electron chi connectivity index (χ1n) is 8.79. The predicted molar refractivity (Wildman–Crippen MR) is 102 cm³/mol. The van der Waals surface area contributed by atoms with Crippen LogP contribution in [0, 0.1) is 29.1 Å². The van der Waals surface area contributed by atoms with Gasteiger partial charge >= 0.3 is 0 Å². The number of aryl methyl sites for hydroxylation is 1. The number of amides is 1. The zero-order valence-electron chi connectivity index (χ0n) is 15.9. The van der Waals surface area contributed by atoms with Gasteiger partial charge in [-0.15, -0.1) is 0 Å². The van der Waals surface area contributed by atoms with Crippen molar-refractivity contribution < 1.29 is 31.5 Å². The number of halogens is 5. The molecule has 160 valence electrons. The number of hydrogen-bond donors (Lipinski definition) is 1. The molecule has 1 heterocycles. The highest BCUT2D eigenvalue weighted by Crippen LogP contribution is 2.27. The van der Waals surface area contributed by atoms with Crippen LogP contribution in [0.5, 0.6) is 0 Å². The highest BCUT2D eigenvalue weighted by atomic mass is 19.2. The monoisotopic (exact) mass is 435 g/mol. The Morgan fingerprint density at radius 1 is 0.968 bits per heavy atom. The Balaban J connectivity index is 1.67. The van der Waals surface area contributed by atoms with E-state index in [1.165, 1.54) is 30.5 Å². The maximum absolute atomic E-state index is 13.7. The minimum Gasteiger partial charge on any atom is -0.331 e. The molecular formula is C21H14F5N3O2. The molecule has 1 N–H and O–H groups in total. The van der Waals surface area contributed by atoms with E-state index >= 15 is 0 Å². The first kappa shape index (κ1) is 21.9. The predicted octanol–water partition coefficient (Wildman–Crippen LogP) is 4.19. The lowest BCUT2D eigenvalue weighted by molar-refractivity contribution is -0.115. The van der Waals surface area contributed by atoms with Gasteiger partial charge in [0.05, 0.1) is 6.42 Å². The number of hydrogen-bond acceptors (Lipinski definition) is 3. The van der Waals surface area contributed by atoms with Crippen LogP contribution in [0.2, 0.25) is 0 Å². The van der Waals surface area contributed by atoms with Gasteiger partial charge in [0.1, 0.15) is 5.69 Å². The zero-order valence-corrected chi connectivity index (χ0v) is 15.9. The van der Waals surface area contributed by atoms with Gasteiger partial charge in [-0.3, -0.25) is 9.59 Å². The molecule has 0 aliphatic rings. The van der Waals surface area contributed by atoms with Gasteiger partial charge in [-0.1, -0.05) is 30.3 Å². The summed E-state index contributed by atoms with van der Waals surface area (Å²) < 4.78 is 68.4. The van der Waals surface area contributed by atoms with Crippen LogP contribution in [0.3, 0.4) is 0 Å². The number of carbonyl (C=O) groups is 2. The maximum atomic E-state index is 13.7. The van der Waals surface area contributed by atoms with Crippen LogP contribution in [-0.4, -0.2) is 21.2 Å². The molecule has 1 aromatic heterocycles. The summed E-state index contributed by atoms with van der Waals surface area (Å²) in [6.45, 7) is 0. The molecule has 0 radical (unpaired) electrons. The molecule has 3 aromatic rings. The second kappa shape index (κ2) is 8.90. The largest absolute Gasteiger partial charge is 0.331 e. The maximum Gasteiger partial charge on any atom is 0.228 e. The van der Waals surface area contributed by atoms with E-state index in [2.05, 4.69) is 4.98 Å². The molecule has 0 unspecified atom stereocenters. The highest BCUT2D eigenvalue weighted by molar-refractivity contribution is 6.04. The normalized spacial score (nSPS) is 11.2. The summed E-state index contributed by atoms with van der Waals surface area (Å²) >= 11 is 0. The second-order valence-electron chi connectivity index (χ2n) is 6.47. The minimum atomic E-state index is -2.31. The van der Waals surface area contributed by atoms with Crippen LogP contribution in [0.4, 0.5) is 27.6 Å². The van der Waals surface area contributed by atoms with Crippen LogP contribution in [-0.2, 0) is 18.3 Å². The molecule has 0 atom stereocenters. The smallest absolute Gasteiger partial charge is 0.228 e. The summed E-state index contributed by atoms with van der Waals surface area (Å²) in [5, 5.41) is 1.71. The lowest BCUT2D eigenvalue weighted by Gasteiger charge is -2.10. The molecule has 10 heteroatoms. The second-order valence-corrected chi connectivity index (χ2v) is 6.47. The van der Waals surface area contributed by atoms with Gasteiger partial charge in [-0.25, -0.2) is 26.9 Å². The number of imidazole rings is 1. The van der Waals surface area contributed by atoms with Crippen molar-refractivity contribution in [2.75, 3.05) is 5.32 Å². The minimum absolute atomic E-state index is 0.262. The SMILES string of the molecule is Cn1ccnc1C(=O)C=Cc1ccc(CC(=O)Nc2c(F)c(F)c(F)c(F)c2F)cc1. The third kappa shape index (κ3) is 4.68. The third-order valence-corrected chi connectivity index (χ3v) is 4.29. The van der Waals surface area contributed by atoms with Crippen LogP contribution >= 0.6 is 0 Å². The quantitative estimate of drug-likeness (QED) is 0.208. The summed E-state index contributed by atoms with van der Waals surface area (Å²) in [6, 6.07) is 6.21. The van der Waals surface area contributed by atoms with Gasteiger partial charge < -0.3 is 9.88 Å². The topological polar surface area (TPSA) is 64.0 Å². The van der Waals surface area contributed by atoms with Gasteiger partial charge in [-0.05, 0) is 17.2 Å². The van der Waals surface area contributed by atoms with Gasteiger partial charge in [0.2, 0.25) is 17.5 Å². The molecular weight excluding hydrogens is 421 g/mol. The van der Waals surface area contributed by atoms with Crippen molar-refractivity contribution in [3.05, 3.63) is 88.8 Å². The first-order valence-corrected chi connectivity index (χ1v) is 8.79. The standard InChI is InChI=1S/C21H14F5N3O2/c1-29-9-8-27-21(29)13(30)7-6-11-2-4-12(5-3-11)10-14(31)28-20-18(25)16(23)15(22)17(24)19(20)26/h2-9H,10H2,1H3,(H,28,31). The Morgan fingerprint density at radius 2 is 1.55 bits per heavy atom. The van der Waals surface area contributed by atoms with Crippen molar-refractivity contribution in [2.45, 2.75) is 6.42 Å². The fraction of sp³-hybridized carbons (Fsp3) is 0.0952. The van der Waals surface area contributed by atoms with Crippen LogP contribution in [0.15, 0.2) is 42.7 Å². The van der Waals surface area contributed by atoms with Gasteiger partial charge in [0, 0.05) is 19.4 Å². The number of aromatic nitrogens is 2. The van der Waals surface area contributed by atoms with Gasteiger partial charge in [0.15, 0.2) is 29.1 Å². The summed E-state index contributed by atoms with van der Waals surface area (Å²) in [6.07, 6.45) is 5.61. The van der Waals surface area contributed by atoms with Crippen LogP contribution in [0.25, 0.3) is 6.08 Å². The fourth-order valence-corrected chi connectivity index (χ4v) is 2.68. The number of allylic oxidation sites excluding steroid dienone is 1. The van der Waals surface area contributed by atoms with E-state index in [1.54, 1.807) is 35.3 Å². The summed E-state index contributed by atoms with van der Waals surface area (Å²) in [4.78, 5) is 28.0. The van der Waals surface area contributed by atoms with Crippen LogP contribution < -0.4 is 5.32 Å².